The molecule has 1 aliphatic heterocycles. The van der Waals surface area contributed by atoms with Crippen LogP contribution in [0.5, 0.6) is 5.75 Å². The molecule has 1 amide bonds. The summed E-state index contributed by atoms with van der Waals surface area (Å²) in [5.41, 5.74) is -1.77. The number of nitrogens with one attached hydrogen (secondary N) is 1. The summed E-state index contributed by atoms with van der Waals surface area (Å²) in [6.07, 6.45) is -5.13. The van der Waals surface area contributed by atoms with Gasteiger partial charge >= 0.3 is 6.18 Å². The molecule has 1 unspecified atom stereocenters. The lowest BCUT2D eigenvalue weighted by molar-refractivity contribution is -0.242. The van der Waals surface area contributed by atoms with Crippen molar-refractivity contribution in [1.29, 1.82) is 0 Å². The lowest BCUT2D eigenvalue weighted by Crippen LogP contribution is -2.52. The van der Waals surface area contributed by atoms with Crippen LogP contribution in [0.15, 0.2) is 36.4 Å². The summed E-state index contributed by atoms with van der Waals surface area (Å²) in [6, 6.07) is 9.64. The molecule has 1 atom stereocenters. The second-order valence-corrected chi connectivity index (χ2v) is 6.46. The number of anilines is 1. The molecule has 0 saturated carbocycles. The Kier molecular flexibility index (Phi) is 4.47. The number of ether oxygens (including phenoxy) is 1. The minimum atomic E-state index is -5.13. The molecule has 3 rings (SSSR count). The molecular weight excluding hydrogens is 363 g/mol. The Labute approximate surface area is 152 Å². The van der Waals surface area contributed by atoms with Crippen LogP contribution in [0.25, 0.3) is 0 Å². The van der Waals surface area contributed by atoms with Crippen LogP contribution in [-0.4, -0.2) is 28.6 Å². The Morgan fingerprint density at radius 3 is 2.52 bits per heavy atom. The molecule has 0 aromatic heterocycles. The molecule has 0 fully saturated rings. The second kappa shape index (κ2) is 6.38. The van der Waals surface area contributed by atoms with Gasteiger partial charge in [-0.2, -0.15) is 13.2 Å². The van der Waals surface area contributed by atoms with E-state index in [4.69, 9.17) is 4.74 Å². The third kappa shape index (κ3) is 3.28. The van der Waals surface area contributed by atoms with Crippen LogP contribution in [0.1, 0.15) is 34.0 Å². The first-order chi connectivity index (χ1) is 12.5. The highest BCUT2D eigenvalue weighted by Gasteiger charge is 2.55. The maximum Gasteiger partial charge on any atom is 0.426 e. The third-order valence-corrected chi connectivity index (χ3v) is 4.46. The zero-order valence-corrected chi connectivity index (χ0v) is 14.5. The number of aryl methyl sites for hydroxylation is 1. The number of benzene rings is 2. The van der Waals surface area contributed by atoms with Crippen LogP contribution in [0.3, 0.4) is 0 Å². The number of hydrogen-bond donors (Lipinski definition) is 2. The Morgan fingerprint density at radius 2 is 1.85 bits per heavy atom. The first kappa shape index (κ1) is 18.9. The van der Waals surface area contributed by atoms with Crippen LogP contribution in [0, 0.1) is 6.92 Å². The quantitative estimate of drug-likeness (QED) is 0.839. The topological polar surface area (TPSA) is 75.6 Å². The number of carbonyl (C=O) groups excluding carboxylic acids is 2. The average molecular weight is 379 g/mol. The Bertz CT molecular complexity index is 935. The van der Waals surface area contributed by atoms with Crippen LogP contribution in [-0.2, 0) is 11.4 Å². The lowest BCUT2D eigenvalue weighted by atomic mass is 9.97. The van der Waals surface area contributed by atoms with E-state index in [-0.39, 0.29) is 29.4 Å². The number of rotatable bonds is 2. The van der Waals surface area contributed by atoms with Crippen molar-refractivity contribution in [3.63, 3.8) is 0 Å². The molecule has 0 radical (unpaired) electrons. The first-order valence-electron chi connectivity index (χ1n) is 8.03. The molecule has 2 aromatic carbocycles. The van der Waals surface area contributed by atoms with E-state index in [9.17, 15) is 27.9 Å². The van der Waals surface area contributed by atoms with Gasteiger partial charge in [-0.3, -0.25) is 9.59 Å². The minimum absolute atomic E-state index is 0.0158. The Hall–Kier alpha value is -2.87. The number of alkyl halides is 3. The SMILES string of the molecule is Cc1cc2c(cc1NC(=O)C(C)(O)C(F)(F)F)OCc1ccccc1C2=O. The molecule has 0 saturated heterocycles. The van der Waals surface area contributed by atoms with Gasteiger partial charge in [-0.15, -0.1) is 0 Å². The van der Waals surface area contributed by atoms with Gasteiger partial charge in [0.05, 0.1) is 5.56 Å². The number of fused-ring (bicyclic) bond motifs is 2. The molecule has 0 spiro atoms. The van der Waals surface area contributed by atoms with Crippen LogP contribution in [0.2, 0.25) is 0 Å². The van der Waals surface area contributed by atoms with Gasteiger partial charge in [-0.1, -0.05) is 24.3 Å². The molecule has 27 heavy (non-hydrogen) atoms. The molecule has 1 aliphatic rings. The van der Waals surface area contributed by atoms with E-state index in [0.717, 1.165) is 0 Å². The summed E-state index contributed by atoms with van der Waals surface area (Å²) in [6.45, 7) is 2.01. The predicted octanol–water partition coefficient (Wildman–Crippen LogP) is 3.37. The molecule has 0 aliphatic carbocycles. The summed E-state index contributed by atoms with van der Waals surface area (Å²) >= 11 is 0. The predicted molar refractivity (Wildman–Crippen MR) is 90.7 cm³/mol. The van der Waals surface area contributed by atoms with E-state index in [1.54, 1.807) is 24.3 Å². The van der Waals surface area contributed by atoms with Crippen molar-refractivity contribution in [2.24, 2.45) is 0 Å². The summed E-state index contributed by atoms with van der Waals surface area (Å²) in [5, 5.41) is 11.6. The number of hydrogen-bond acceptors (Lipinski definition) is 4. The second-order valence-electron chi connectivity index (χ2n) is 6.46. The van der Waals surface area contributed by atoms with Gasteiger partial charge in [-0.25, -0.2) is 0 Å². The van der Waals surface area contributed by atoms with Crippen molar-refractivity contribution in [1.82, 2.24) is 0 Å². The highest BCUT2D eigenvalue weighted by molar-refractivity contribution is 6.12. The minimum Gasteiger partial charge on any atom is -0.488 e. The number of carbonyl (C=O) groups is 2. The molecule has 2 aromatic rings. The zero-order chi connectivity index (χ0) is 20.0. The van der Waals surface area contributed by atoms with Gasteiger partial charge in [0, 0.05) is 22.9 Å². The zero-order valence-electron chi connectivity index (χ0n) is 14.5. The smallest absolute Gasteiger partial charge is 0.426 e. The van der Waals surface area contributed by atoms with Crippen molar-refractivity contribution >= 4 is 17.4 Å². The maximum absolute atomic E-state index is 12.8. The maximum atomic E-state index is 12.8. The summed E-state index contributed by atoms with van der Waals surface area (Å²) in [5.74, 6) is -1.76. The molecule has 8 heteroatoms. The van der Waals surface area contributed by atoms with Gasteiger partial charge in [0.2, 0.25) is 5.60 Å². The van der Waals surface area contributed by atoms with Gasteiger partial charge in [0.15, 0.2) is 5.78 Å². The van der Waals surface area contributed by atoms with Crippen LogP contribution in [0.4, 0.5) is 18.9 Å². The molecule has 1 heterocycles. The van der Waals surface area contributed by atoms with E-state index in [1.807, 2.05) is 0 Å². The summed E-state index contributed by atoms with van der Waals surface area (Å²) in [4.78, 5) is 24.7. The molecule has 0 bridgehead atoms. The van der Waals surface area contributed by atoms with Crippen molar-refractivity contribution in [2.45, 2.75) is 32.2 Å². The monoisotopic (exact) mass is 379 g/mol. The lowest BCUT2D eigenvalue weighted by Gasteiger charge is -2.25. The number of aliphatic hydroxyl groups is 1. The largest absolute Gasteiger partial charge is 0.488 e. The van der Waals surface area contributed by atoms with E-state index in [1.165, 1.54) is 19.1 Å². The van der Waals surface area contributed by atoms with Gasteiger partial charge in [0.25, 0.3) is 5.91 Å². The summed E-state index contributed by atoms with van der Waals surface area (Å²) in [7, 11) is 0. The summed E-state index contributed by atoms with van der Waals surface area (Å²) < 4.78 is 44.1. The fraction of sp³-hybridized carbons (Fsp3) is 0.263. The van der Waals surface area contributed by atoms with E-state index >= 15 is 0 Å². The van der Waals surface area contributed by atoms with Crippen molar-refractivity contribution in [3.8, 4) is 5.75 Å². The van der Waals surface area contributed by atoms with Crippen LogP contribution >= 0.6 is 0 Å². The normalized spacial score (nSPS) is 15.7. The average Bonchev–Trinajstić information content (AvgIpc) is 2.72. The third-order valence-electron chi connectivity index (χ3n) is 4.46. The van der Waals surface area contributed by atoms with Crippen molar-refractivity contribution in [3.05, 3.63) is 58.7 Å². The van der Waals surface area contributed by atoms with E-state index in [2.05, 4.69) is 5.32 Å². The van der Waals surface area contributed by atoms with Gasteiger partial charge in [-0.05, 0) is 25.5 Å². The Balaban J connectivity index is 1.97. The van der Waals surface area contributed by atoms with E-state index < -0.39 is 17.7 Å². The van der Waals surface area contributed by atoms with Crippen LogP contribution < -0.4 is 10.1 Å². The standard InChI is InChI=1S/C19H16F3NO4/c1-10-7-13-15(27-9-11-5-3-4-6-12(11)16(13)24)8-14(10)23-17(25)18(2,26)19(20,21)22/h3-8,26H,9H2,1-2H3,(H,23,25). The highest BCUT2D eigenvalue weighted by atomic mass is 19.4. The van der Waals surface area contributed by atoms with Gasteiger partial charge < -0.3 is 15.2 Å². The molecule has 2 N–H and O–H groups in total. The Morgan fingerprint density at radius 1 is 1.19 bits per heavy atom. The molecule has 5 nitrogen and oxygen atoms in total. The number of ketones is 1. The number of halogens is 3. The van der Waals surface area contributed by atoms with Crippen molar-refractivity contribution < 1.29 is 32.6 Å². The van der Waals surface area contributed by atoms with Crippen molar-refractivity contribution in [2.75, 3.05) is 5.32 Å². The fourth-order valence-corrected chi connectivity index (χ4v) is 2.66. The van der Waals surface area contributed by atoms with Gasteiger partial charge in [0.1, 0.15) is 12.4 Å². The highest BCUT2D eigenvalue weighted by Crippen LogP contribution is 2.35. The number of amides is 1. The van der Waals surface area contributed by atoms with E-state index in [0.29, 0.717) is 23.6 Å². The molecular formula is C19H16F3NO4. The first-order valence-corrected chi connectivity index (χ1v) is 8.03. The fourth-order valence-electron chi connectivity index (χ4n) is 2.66. The molecule has 142 valence electrons.